The van der Waals surface area contributed by atoms with Crippen molar-refractivity contribution in [2.45, 2.75) is 56.9 Å². The van der Waals surface area contributed by atoms with Gasteiger partial charge in [0.15, 0.2) is 0 Å². The average molecular weight is 280 g/mol. The summed E-state index contributed by atoms with van der Waals surface area (Å²) in [5.74, 6) is 0.790. The van der Waals surface area contributed by atoms with E-state index in [0.717, 1.165) is 12.0 Å². The number of nitrogens with zero attached hydrogens (tertiary/aromatic N) is 1. The zero-order chi connectivity index (χ0) is 12.2. The Kier molecular flexibility index (Phi) is 5.72. The standard InChI is InChI=1S/C17H25N.ClH/c1-3-9-15(10-4-1)16-11-5-6-12-17(16)18-13-7-2-8-14-18;/h1,3-4,9-10,16-17H,2,5-8,11-14H2;1H. The fraction of sp³-hybridized carbons (Fsp3) is 0.647. The number of hydrogen-bond acceptors (Lipinski definition) is 1. The van der Waals surface area contributed by atoms with Gasteiger partial charge in [-0.3, -0.25) is 4.90 Å². The summed E-state index contributed by atoms with van der Waals surface area (Å²) in [5.41, 5.74) is 1.58. The molecule has 1 saturated carbocycles. The molecule has 0 aromatic heterocycles. The molecule has 1 saturated heterocycles. The highest BCUT2D eigenvalue weighted by Gasteiger charge is 2.31. The third kappa shape index (κ3) is 3.52. The van der Waals surface area contributed by atoms with E-state index in [2.05, 4.69) is 35.2 Å². The predicted octanol–water partition coefficient (Wildman–Crippen LogP) is 4.62. The fourth-order valence-corrected chi connectivity index (χ4v) is 3.89. The molecule has 1 aromatic rings. The molecule has 2 heteroatoms. The van der Waals surface area contributed by atoms with E-state index < -0.39 is 0 Å². The van der Waals surface area contributed by atoms with Crippen molar-refractivity contribution in [1.82, 2.24) is 4.90 Å². The van der Waals surface area contributed by atoms with Crippen LogP contribution in [0.15, 0.2) is 30.3 Å². The normalized spacial score (nSPS) is 28.6. The van der Waals surface area contributed by atoms with Gasteiger partial charge >= 0.3 is 0 Å². The number of piperidine rings is 1. The first-order valence-electron chi connectivity index (χ1n) is 7.74. The van der Waals surface area contributed by atoms with Gasteiger partial charge in [-0.05, 0) is 50.3 Å². The lowest BCUT2D eigenvalue weighted by Crippen LogP contribution is -2.44. The maximum absolute atomic E-state index is 2.79. The molecule has 0 bridgehead atoms. The van der Waals surface area contributed by atoms with E-state index in [-0.39, 0.29) is 12.4 Å². The second kappa shape index (κ2) is 7.31. The van der Waals surface area contributed by atoms with Gasteiger partial charge in [0.25, 0.3) is 0 Å². The van der Waals surface area contributed by atoms with E-state index in [9.17, 15) is 0 Å². The first kappa shape index (κ1) is 14.9. The van der Waals surface area contributed by atoms with Gasteiger partial charge in [-0.2, -0.15) is 0 Å². The summed E-state index contributed by atoms with van der Waals surface area (Å²) in [5, 5.41) is 0. The van der Waals surface area contributed by atoms with Crippen molar-refractivity contribution in [2.24, 2.45) is 0 Å². The van der Waals surface area contributed by atoms with Crippen molar-refractivity contribution < 1.29 is 0 Å². The Morgan fingerprint density at radius 1 is 0.789 bits per heavy atom. The quantitative estimate of drug-likeness (QED) is 0.763. The number of halogens is 1. The number of benzene rings is 1. The smallest absolute Gasteiger partial charge is 0.0164 e. The van der Waals surface area contributed by atoms with Crippen molar-refractivity contribution in [1.29, 1.82) is 0 Å². The molecule has 2 atom stereocenters. The molecule has 0 spiro atoms. The predicted molar refractivity (Wildman–Crippen MR) is 84.1 cm³/mol. The highest BCUT2D eigenvalue weighted by molar-refractivity contribution is 5.85. The van der Waals surface area contributed by atoms with Gasteiger partial charge in [-0.1, -0.05) is 49.6 Å². The Labute approximate surface area is 123 Å². The SMILES string of the molecule is Cl.c1ccc(C2CCCCC2N2CCCCC2)cc1. The summed E-state index contributed by atoms with van der Waals surface area (Å²) >= 11 is 0. The Hall–Kier alpha value is -0.530. The topological polar surface area (TPSA) is 3.24 Å². The van der Waals surface area contributed by atoms with E-state index in [1.54, 1.807) is 5.56 Å². The Bertz CT molecular complexity index is 359. The van der Waals surface area contributed by atoms with Crippen LogP contribution in [0.3, 0.4) is 0 Å². The molecule has 1 aliphatic heterocycles. The van der Waals surface area contributed by atoms with Crippen LogP contribution in [0, 0.1) is 0 Å². The number of rotatable bonds is 2. The van der Waals surface area contributed by atoms with Crippen LogP contribution in [0.25, 0.3) is 0 Å². The molecule has 0 radical (unpaired) electrons. The number of hydrogen-bond donors (Lipinski definition) is 0. The molecule has 106 valence electrons. The van der Waals surface area contributed by atoms with E-state index in [1.807, 2.05) is 0 Å². The molecule has 0 N–H and O–H groups in total. The Morgan fingerprint density at radius 3 is 2.21 bits per heavy atom. The maximum atomic E-state index is 2.79. The summed E-state index contributed by atoms with van der Waals surface area (Å²) in [6.45, 7) is 2.68. The van der Waals surface area contributed by atoms with Crippen LogP contribution in [-0.4, -0.2) is 24.0 Å². The van der Waals surface area contributed by atoms with Crippen LogP contribution in [0.5, 0.6) is 0 Å². The Morgan fingerprint density at radius 2 is 1.47 bits per heavy atom. The summed E-state index contributed by atoms with van der Waals surface area (Å²) in [4.78, 5) is 2.79. The van der Waals surface area contributed by atoms with Crippen molar-refractivity contribution in [3.63, 3.8) is 0 Å². The van der Waals surface area contributed by atoms with E-state index >= 15 is 0 Å². The third-order valence-corrected chi connectivity index (χ3v) is 4.82. The fourth-order valence-electron chi connectivity index (χ4n) is 3.89. The largest absolute Gasteiger partial charge is 0.300 e. The molecule has 1 nitrogen and oxygen atoms in total. The first-order valence-corrected chi connectivity index (χ1v) is 7.74. The van der Waals surface area contributed by atoms with Gasteiger partial charge in [0.05, 0.1) is 0 Å². The van der Waals surface area contributed by atoms with Crippen LogP contribution < -0.4 is 0 Å². The molecule has 0 amide bonds. The molecule has 1 heterocycles. The van der Waals surface area contributed by atoms with Crippen LogP contribution in [0.2, 0.25) is 0 Å². The van der Waals surface area contributed by atoms with Gasteiger partial charge in [-0.15, -0.1) is 12.4 Å². The van der Waals surface area contributed by atoms with Gasteiger partial charge in [0, 0.05) is 6.04 Å². The average Bonchev–Trinajstić information content (AvgIpc) is 2.49. The Balaban J connectivity index is 0.00000133. The minimum absolute atomic E-state index is 0. The van der Waals surface area contributed by atoms with Gasteiger partial charge in [0.1, 0.15) is 0 Å². The minimum atomic E-state index is 0. The summed E-state index contributed by atoms with van der Waals surface area (Å²) in [7, 11) is 0. The zero-order valence-electron chi connectivity index (χ0n) is 11.8. The first-order chi connectivity index (χ1) is 8.95. The highest BCUT2D eigenvalue weighted by Crippen LogP contribution is 2.37. The molecular formula is C17H26ClN. The van der Waals surface area contributed by atoms with Crippen molar-refractivity contribution in [2.75, 3.05) is 13.1 Å². The zero-order valence-corrected chi connectivity index (χ0v) is 12.6. The molecule has 19 heavy (non-hydrogen) atoms. The van der Waals surface area contributed by atoms with Gasteiger partial charge in [0.2, 0.25) is 0 Å². The van der Waals surface area contributed by atoms with Crippen LogP contribution >= 0.6 is 12.4 Å². The summed E-state index contributed by atoms with van der Waals surface area (Å²) in [6.07, 6.45) is 9.94. The van der Waals surface area contributed by atoms with E-state index in [1.165, 1.54) is 58.0 Å². The number of likely N-dealkylation sites (tertiary alicyclic amines) is 1. The lowest BCUT2D eigenvalue weighted by molar-refractivity contribution is 0.113. The second-order valence-electron chi connectivity index (χ2n) is 5.97. The molecule has 2 fully saturated rings. The van der Waals surface area contributed by atoms with Crippen molar-refractivity contribution >= 4 is 12.4 Å². The van der Waals surface area contributed by atoms with Gasteiger partial charge < -0.3 is 0 Å². The molecule has 1 aliphatic carbocycles. The van der Waals surface area contributed by atoms with Crippen molar-refractivity contribution in [3.05, 3.63) is 35.9 Å². The monoisotopic (exact) mass is 279 g/mol. The summed E-state index contributed by atoms with van der Waals surface area (Å²) in [6, 6.07) is 12.1. The van der Waals surface area contributed by atoms with Crippen LogP contribution in [-0.2, 0) is 0 Å². The minimum Gasteiger partial charge on any atom is -0.300 e. The molecule has 2 aliphatic rings. The highest BCUT2D eigenvalue weighted by atomic mass is 35.5. The lowest BCUT2D eigenvalue weighted by atomic mass is 9.78. The van der Waals surface area contributed by atoms with E-state index in [4.69, 9.17) is 0 Å². The summed E-state index contributed by atoms with van der Waals surface area (Å²) < 4.78 is 0. The lowest BCUT2D eigenvalue weighted by Gasteiger charge is -2.42. The molecular weight excluding hydrogens is 254 g/mol. The maximum Gasteiger partial charge on any atom is 0.0164 e. The molecule has 3 rings (SSSR count). The van der Waals surface area contributed by atoms with Crippen LogP contribution in [0.4, 0.5) is 0 Å². The second-order valence-corrected chi connectivity index (χ2v) is 5.97. The third-order valence-electron chi connectivity index (χ3n) is 4.82. The van der Waals surface area contributed by atoms with Crippen LogP contribution in [0.1, 0.15) is 56.4 Å². The molecule has 1 aromatic carbocycles. The van der Waals surface area contributed by atoms with E-state index in [0.29, 0.717) is 0 Å². The van der Waals surface area contributed by atoms with Crippen molar-refractivity contribution in [3.8, 4) is 0 Å². The van der Waals surface area contributed by atoms with Gasteiger partial charge in [-0.25, -0.2) is 0 Å². The molecule has 2 unspecified atom stereocenters.